The zero-order valence-corrected chi connectivity index (χ0v) is 14.4. The summed E-state index contributed by atoms with van der Waals surface area (Å²) in [6, 6.07) is 12.4. The first-order valence-electron chi connectivity index (χ1n) is 8.17. The summed E-state index contributed by atoms with van der Waals surface area (Å²) >= 11 is 0. The lowest BCUT2D eigenvalue weighted by atomic mass is 10.1. The van der Waals surface area contributed by atoms with Gasteiger partial charge in [0.2, 0.25) is 0 Å². The number of aromatic nitrogens is 1. The molecule has 0 saturated carbocycles. The molecule has 136 valence electrons. The number of halogens is 3. The highest BCUT2D eigenvalue weighted by Crippen LogP contribution is 2.28. The molecule has 0 spiro atoms. The van der Waals surface area contributed by atoms with Crippen LogP contribution in [0.2, 0.25) is 0 Å². The van der Waals surface area contributed by atoms with Crippen molar-refractivity contribution in [2.45, 2.75) is 26.6 Å². The summed E-state index contributed by atoms with van der Waals surface area (Å²) in [7, 11) is 0. The van der Waals surface area contributed by atoms with Crippen molar-refractivity contribution in [3.05, 3.63) is 65.4 Å². The molecule has 0 atom stereocenters. The van der Waals surface area contributed by atoms with Crippen molar-refractivity contribution in [3.8, 4) is 5.75 Å². The highest BCUT2D eigenvalue weighted by atomic mass is 19.4. The molecule has 0 aliphatic heterocycles. The Bertz CT molecular complexity index is 957. The number of Topliss-reactive ketones (excluding diaryl/α,β-unsaturated/α-hetero) is 1. The first-order chi connectivity index (χ1) is 12.3. The van der Waals surface area contributed by atoms with Crippen LogP contribution in [0.4, 0.5) is 13.2 Å². The number of ether oxygens (including phenoxy) is 1. The number of hydrogen-bond donors (Lipinski definition) is 0. The number of carbonyl (C=O) groups is 1. The number of hydrogen-bond acceptors (Lipinski definition) is 2. The van der Waals surface area contributed by atoms with E-state index in [2.05, 4.69) is 0 Å². The van der Waals surface area contributed by atoms with E-state index in [1.54, 1.807) is 22.8 Å². The number of carbonyl (C=O) groups excluding carboxylic acids is 1. The Morgan fingerprint density at radius 3 is 2.58 bits per heavy atom. The Hall–Kier alpha value is -2.76. The number of ketones is 1. The SMILES string of the molecule is Cc1ccc(C)c(OCCn2cc(C(=O)C(F)(F)F)c3ccccc32)c1. The van der Waals surface area contributed by atoms with Gasteiger partial charge >= 0.3 is 6.18 Å². The molecule has 1 heterocycles. The van der Waals surface area contributed by atoms with E-state index in [9.17, 15) is 18.0 Å². The number of nitrogens with zero attached hydrogens (tertiary/aromatic N) is 1. The first-order valence-corrected chi connectivity index (χ1v) is 8.17. The van der Waals surface area contributed by atoms with Crippen molar-refractivity contribution < 1.29 is 22.7 Å². The number of alkyl halides is 3. The van der Waals surface area contributed by atoms with E-state index in [1.165, 1.54) is 12.3 Å². The average Bonchev–Trinajstić information content (AvgIpc) is 2.95. The number of para-hydroxylation sites is 1. The van der Waals surface area contributed by atoms with Crippen LogP contribution >= 0.6 is 0 Å². The molecule has 0 aliphatic rings. The van der Waals surface area contributed by atoms with Crippen molar-refractivity contribution in [1.29, 1.82) is 0 Å². The Morgan fingerprint density at radius 2 is 1.85 bits per heavy atom. The standard InChI is InChI=1S/C20H18F3NO2/c1-13-7-8-14(2)18(11-13)26-10-9-24-12-16(19(25)20(21,22)23)15-5-3-4-6-17(15)24/h3-8,11-12H,9-10H2,1-2H3. The van der Waals surface area contributed by atoms with Crippen LogP contribution in [-0.2, 0) is 6.54 Å². The second-order valence-electron chi connectivity index (χ2n) is 6.20. The molecule has 2 aromatic carbocycles. The van der Waals surface area contributed by atoms with Gasteiger partial charge in [-0.3, -0.25) is 4.79 Å². The van der Waals surface area contributed by atoms with E-state index in [0.29, 0.717) is 17.4 Å². The predicted molar refractivity (Wildman–Crippen MR) is 93.7 cm³/mol. The summed E-state index contributed by atoms with van der Waals surface area (Å²) < 4.78 is 45.9. The van der Waals surface area contributed by atoms with E-state index in [4.69, 9.17) is 4.74 Å². The molecule has 3 nitrogen and oxygen atoms in total. The van der Waals surface area contributed by atoms with Crippen LogP contribution < -0.4 is 4.74 Å². The minimum Gasteiger partial charge on any atom is -0.491 e. The maximum Gasteiger partial charge on any atom is 0.454 e. The fraction of sp³-hybridized carbons (Fsp3) is 0.250. The van der Waals surface area contributed by atoms with Gasteiger partial charge in [0.05, 0.1) is 12.1 Å². The normalized spacial score (nSPS) is 11.7. The van der Waals surface area contributed by atoms with E-state index < -0.39 is 12.0 Å². The van der Waals surface area contributed by atoms with Crippen molar-refractivity contribution in [2.24, 2.45) is 0 Å². The molecule has 0 aliphatic carbocycles. The van der Waals surface area contributed by atoms with E-state index in [-0.39, 0.29) is 12.2 Å². The van der Waals surface area contributed by atoms with Crippen LogP contribution in [0, 0.1) is 13.8 Å². The van der Waals surface area contributed by atoms with Gasteiger partial charge in [0, 0.05) is 17.1 Å². The van der Waals surface area contributed by atoms with E-state index in [0.717, 1.165) is 16.9 Å². The Kier molecular flexibility index (Phi) is 4.76. The monoisotopic (exact) mass is 361 g/mol. The van der Waals surface area contributed by atoms with Crippen molar-refractivity contribution in [1.82, 2.24) is 4.57 Å². The lowest BCUT2D eigenvalue weighted by molar-refractivity contribution is -0.0884. The zero-order valence-electron chi connectivity index (χ0n) is 14.4. The van der Waals surface area contributed by atoms with Crippen molar-refractivity contribution >= 4 is 16.7 Å². The minimum atomic E-state index is -4.90. The Balaban J connectivity index is 1.84. The lowest BCUT2D eigenvalue weighted by Gasteiger charge is -2.11. The van der Waals surface area contributed by atoms with Gasteiger partial charge in [0.1, 0.15) is 12.4 Å². The van der Waals surface area contributed by atoms with Crippen LogP contribution in [-0.4, -0.2) is 23.1 Å². The molecule has 3 aromatic rings. The lowest BCUT2D eigenvalue weighted by Crippen LogP contribution is -2.22. The topological polar surface area (TPSA) is 31.2 Å². The third-order valence-corrected chi connectivity index (χ3v) is 4.22. The summed E-state index contributed by atoms with van der Waals surface area (Å²) in [4.78, 5) is 11.7. The quantitative estimate of drug-likeness (QED) is 0.593. The summed E-state index contributed by atoms with van der Waals surface area (Å²) in [5.74, 6) is -1.09. The molecule has 0 radical (unpaired) electrons. The van der Waals surface area contributed by atoms with E-state index in [1.807, 2.05) is 32.0 Å². The van der Waals surface area contributed by atoms with Crippen LogP contribution in [0.1, 0.15) is 21.5 Å². The third-order valence-electron chi connectivity index (χ3n) is 4.22. The molecule has 26 heavy (non-hydrogen) atoms. The second kappa shape index (κ2) is 6.86. The molecule has 6 heteroatoms. The molecule has 0 bridgehead atoms. The highest BCUT2D eigenvalue weighted by molar-refractivity contribution is 6.10. The molecular formula is C20H18F3NO2. The van der Waals surface area contributed by atoms with E-state index >= 15 is 0 Å². The molecule has 3 rings (SSSR count). The Labute approximate surface area is 149 Å². The molecule has 0 unspecified atom stereocenters. The van der Waals surface area contributed by atoms with Crippen LogP contribution in [0.3, 0.4) is 0 Å². The summed E-state index contributed by atoms with van der Waals surface area (Å²) in [6.45, 7) is 4.50. The number of aryl methyl sites for hydroxylation is 2. The van der Waals surface area contributed by atoms with Gasteiger partial charge in [-0.1, -0.05) is 30.3 Å². The van der Waals surface area contributed by atoms with Crippen LogP contribution in [0.25, 0.3) is 10.9 Å². The van der Waals surface area contributed by atoms with Gasteiger partial charge in [0.25, 0.3) is 5.78 Å². The van der Waals surface area contributed by atoms with Gasteiger partial charge < -0.3 is 9.30 Å². The van der Waals surface area contributed by atoms with Crippen molar-refractivity contribution in [2.75, 3.05) is 6.61 Å². The minimum absolute atomic E-state index is 0.280. The summed E-state index contributed by atoms with van der Waals surface area (Å²) in [5, 5.41) is 0.293. The summed E-state index contributed by atoms with van der Waals surface area (Å²) in [5.41, 5.74) is 2.29. The zero-order chi connectivity index (χ0) is 18.9. The molecule has 0 N–H and O–H groups in total. The van der Waals surface area contributed by atoms with Crippen molar-refractivity contribution in [3.63, 3.8) is 0 Å². The fourth-order valence-corrected chi connectivity index (χ4v) is 2.88. The largest absolute Gasteiger partial charge is 0.491 e. The number of rotatable bonds is 5. The maximum atomic E-state index is 12.8. The predicted octanol–water partition coefficient (Wildman–Crippen LogP) is 5.08. The first kappa shape index (κ1) is 18.0. The fourth-order valence-electron chi connectivity index (χ4n) is 2.88. The number of fused-ring (bicyclic) bond motifs is 1. The second-order valence-corrected chi connectivity index (χ2v) is 6.20. The maximum absolute atomic E-state index is 12.8. The summed E-state index contributed by atoms with van der Waals surface area (Å²) in [6.07, 6.45) is -3.64. The van der Waals surface area contributed by atoms with Gasteiger partial charge in [-0.15, -0.1) is 0 Å². The third kappa shape index (κ3) is 3.59. The Morgan fingerprint density at radius 1 is 1.12 bits per heavy atom. The van der Waals surface area contributed by atoms with Gasteiger partial charge in [-0.05, 0) is 37.1 Å². The molecule has 0 amide bonds. The average molecular weight is 361 g/mol. The highest BCUT2D eigenvalue weighted by Gasteiger charge is 2.40. The van der Waals surface area contributed by atoms with Crippen LogP contribution in [0.15, 0.2) is 48.7 Å². The molecular weight excluding hydrogens is 343 g/mol. The molecule has 0 fully saturated rings. The van der Waals surface area contributed by atoms with Gasteiger partial charge in [-0.2, -0.15) is 13.2 Å². The van der Waals surface area contributed by atoms with Gasteiger partial charge in [0.15, 0.2) is 0 Å². The molecule has 0 saturated heterocycles. The van der Waals surface area contributed by atoms with Crippen LogP contribution in [0.5, 0.6) is 5.75 Å². The smallest absolute Gasteiger partial charge is 0.454 e. The molecule has 1 aromatic heterocycles. The van der Waals surface area contributed by atoms with Gasteiger partial charge in [-0.25, -0.2) is 0 Å². The number of benzene rings is 2.